The molecule has 0 spiro atoms. The molecule has 0 amide bonds. The first kappa shape index (κ1) is 43.1. The van der Waals surface area contributed by atoms with Crippen LogP contribution in [0.15, 0.2) is 35.5 Å². The summed E-state index contributed by atoms with van der Waals surface area (Å²) in [4.78, 5) is 13.9. The van der Waals surface area contributed by atoms with Crippen molar-refractivity contribution < 1.29 is 32.9 Å². The quantitative estimate of drug-likeness (QED) is 0.147. The molecule has 3 heterocycles. The molecule has 50 heavy (non-hydrogen) atoms. The zero-order valence-electron chi connectivity index (χ0n) is 34.5. The number of ether oxygens (including phenoxy) is 5. The van der Waals surface area contributed by atoms with Gasteiger partial charge in [-0.15, -0.1) is 0 Å². The number of esters is 1. The van der Waals surface area contributed by atoms with Crippen LogP contribution in [0, 0.1) is 29.6 Å². The van der Waals surface area contributed by atoms with Crippen molar-refractivity contribution in [1.82, 2.24) is 0 Å². The molecule has 288 valence electrons. The van der Waals surface area contributed by atoms with Gasteiger partial charge in [0.05, 0.1) is 25.2 Å². The van der Waals surface area contributed by atoms with E-state index in [1.165, 1.54) is 0 Å². The van der Waals surface area contributed by atoms with Gasteiger partial charge in [-0.2, -0.15) is 0 Å². The van der Waals surface area contributed by atoms with E-state index in [9.17, 15) is 4.79 Å². The number of cyclic esters (lactones) is 1. The molecular formula is C42H74O7Si. The van der Waals surface area contributed by atoms with Crippen LogP contribution in [0.3, 0.4) is 0 Å². The van der Waals surface area contributed by atoms with Crippen LogP contribution in [-0.4, -0.2) is 64.0 Å². The first-order chi connectivity index (χ1) is 23.1. The van der Waals surface area contributed by atoms with Gasteiger partial charge < -0.3 is 28.1 Å². The van der Waals surface area contributed by atoms with Crippen LogP contribution in [0.2, 0.25) is 18.1 Å². The zero-order chi connectivity index (χ0) is 37.7. The Kier molecular flexibility index (Phi) is 15.3. The summed E-state index contributed by atoms with van der Waals surface area (Å²) in [7, 11) is -0.337. The molecule has 5 unspecified atom stereocenters. The van der Waals surface area contributed by atoms with Gasteiger partial charge in [-0.1, -0.05) is 79.7 Å². The fraction of sp³-hybridized carbons (Fsp3) is 0.833. The molecule has 0 aromatic carbocycles. The van der Waals surface area contributed by atoms with E-state index in [0.717, 1.165) is 43.3 Å². The van der Waals surface area contributed by atoms with Crippen molar-refractivity contribution in [2.75, 3.05) is 13.7 Å². The normalized spacial score (nSPS) is 36.2. The van der Waals surface area contributed by atoms with Crippen molar-refractivity contribution in [3.8, 4) is 0 Å². The first-order valence-corrected chi connectivity index (χ1v) is 22.4. The average Bonchev–Trinajstić information content (AvgIpc) is 3.01. The maximum absolute atomic E-state index is 13.9. The van der Waals surface area contributed by atoms with Crippen molar-refractivity contribution in [3.05, 3.63) is 35.5 Å². The topological polar surface area (TPSA) is 72.5 Å². The smallest absolute Gasteiger partial charge is 0.311 e. The molecule has 1 saturated heterocycles. The van der Waals surface area contributed by atoms with E-state index in [1.807, 2.05) is 13.8 Å². The predicted molar refractivity (Wildman–Crippen MR) is 206 cm³/mol. The molecular weight excluding hydrogens is 645 g/mol. The largest absolute Gasteiger partial charge is 0.462 e. The summed E-state index contributed by atoms with van der Waals surface area (Å²) in [6.07, 6.45) is 14.0. The average molecular weight is 719 g/mol. The Labute approximate surface area is 307 Å². The summed E-state index contributed by atoms with van der Waals surface area (Å²) < 4.78 is 38.6. The molecule has 2 bridgehead atoms. The van der Waals surface area contributed by atoms with Crippen molar-refractivity contribution in [2.45, 2.75) is 182 Å². The minimum Gasteiger partial charge on any atom is -0.462 e. The monoisotopic (exact) mass is 719 g/mol. The van der Waals surface area contributed by atoms with E-state index in [4.69, 9.17) is 28.1 Å². The Morgan fingerprint density at radius 3 is 2.24 bits per heavy atom. The molecule has 7 nitrogen and oxygen atoms in total. The highest BCUT2D eigenvalue weighted by atomic mass is 28.4. The molecule has 0 aromatic heterocycles. The van der Waals surface area contributed by atoms with Crippen molar-refractivity contribution >= 4 is 14.3 Å². The van der Waals surface area contributed by atoms with E-state index in [0.29, 0.717) is 18.9 Å². The summed E-state index contributed by atoms with van der Waals surface area (Å²) in [5.74, 6) is -0.848. The summed E-state index contributed by atoms with van der Waals surface area (Å²) in [5.41, 5.74) is 2.29. The predicted octanol–water partition coefficient (Wildman–Crippen LogP) is 10.6. The second-order valence-corrected chi connectivity index (χ2v) is 23.0. The van der Waals surface area contributed by atoms with Gasteiger partial charge in [-0.05, 0) is 113 Å². The Hall–Kier alpha value is -1.29. The van der Waals surface area contributed by atoms with Crippen molar-refractivity contribution in [1.29, 1.82) is 0 Å². The molecule has 0 aromatic rings. The highest BCUT2D eigenvalue weighted by molar-refractivity contribution is 6.74. The number of carbonyl (C=O) groups is 1. The Morgan fingerprint density at radius 2 is 1.60 bits per heavy atom. The van der Waals surface area contributed by atoms with Gasteiger partial charge >= 0.3 is 5.97 Å². The van der Waals surface area contributed by atoms with Crippen LogP contribution >= 0.6 is 0 Å². The van der Waals surface area contributed by atoms with Gasteiger partial charge in [0.25, 0.3) is 0 Å². The molecule has 8 heteroatoms. The maximum atomic E-state index is 13.9. The summed E-state index contributed by atoms with van der Waals surface area (Å²) in [6, 6.07) is 0. The molecule has 3 rings (SSSR count). The molecule has 3 aliphatic rings. The van der Waals surface area contributed by atoms with E-state index >= 15 is 0 Å². The Morgan fingerprint density at radius 1 is 0.960 bits per heavy atom. The van der Waals surface area contributed by atoms with E-state index in [2.05, 4.69) is 107 Å². The molecule has 0 N–H and O–H groups in total. The summed E-state index contributed by atoms with van der Waals surface area (Å²) >= 11 is 0. The van der Waals surface area contributed by atoms with Gasteiger partial charge in [-0.25, -0.2) is 0 Å². The molecule has 0 aliphatic carbocycles. The Balaban J connectivity index is 1.94. The van der Waals surface area contributed by atoms with Crippen LogP contribution in [0.5, 0.6) is 0 Å². The van der Waals surface area contributed by atoms with Crippen molar-refractivity contribution in [3.63, 3.8) is 0 Å². The minimum absolute atomic E-state index is 0.0405. The van der Waals surface area contributed by atoms with Gasteiger partial charge in [0.15, 0.2) is 19.9 Å². The number of methoxy groups -OCH3 is 1. The molecule has 10 atom stereocenters. The van der Waals surface area contributed by atoms with Crippen LogP contribution in [0.25, 0.3) is 0 Å². The SMILES string of the molecule is COC12CC=C(C)C(O1)/C(C)=C\CCC[C@@H](O[Si](C)(C)C(C)(C)C)C=C[C@H](C)C[C@H](C)C([C@@H](C)C[C@@H](C)C1OC(C)(C)OCC1C)OC(=O)C2. The standard InChI is InChI=1S/C42H74O7Si/c1-28-20-21-35(49-50(14,15)40(8,9)10)19-17-16-18-29(2)38-30(3)22-23-42(44-13,48-38)26-36(43)46-37(31(4)24-28)32(5)25-33(6)39-34(7)27-45-41(11,12)47-39/h18,20-22,28,31-35,37-39H,16-17,19,23-27H2,1-15H3/b21-20?,29-18-/t28-,31-,32-,33+,34?,35+,37?,38?,39?,42?/m0/s1. The third-order valence-electron chi connectivity index (χ3n) is 11.9. The van der Waals surface area contributed by atoms with E-state index in [-0.39, 0.29) is 65.5 Å². The van der Waals surface area contributed by atoms with Crippen molar-refractivity contribution in [2.24, 2.45) is 29.6 Å². The molecule has 0 radical (unpaired) electrons. The number of fused-ring (bicyclic) bond motifs is 2. The van der Waals surface area contributed by atoms with Crippen LogP contribution < -0.4 is 0 Å². The number of allylic oxidation sites excluding steroid dienone is 2. The second kappa shape index (κ2) is 17.7. The molecule has 1 fully saturated rings. The van der Waals surface area contributed by atoms with Crippen LogP contribution in [0.1, 0.15) is 128 Å². The van der Waals surface area contributed by atoms with Gasteiger partial charge in [0.2, 0.25) is 0 Å². The lowest BCUT2D eigenvalue weighted by Crippen LogP contribution is -2.48. The summed E-state index contributed by atoms with van der Waals surface area (Å²) in [5, 5.41) is 0.132. The number of hydrogen-bond acceptors (Lipinski definition) is 7. The first-order valence-electron chi connectivity index (χ1n) is 19.5. The third kappa shape index (κ3) is 11.9. The zero-order valence-corrected chi connectivity index (χ0v) is 35.5. The maximum Gasteiger partial charge on any atom is 0.311 e. The van der Waals surface area contributed by atoms with E-state index in [1.54, 1.807) is 7.11 Å². The lowest BCUT2D eigenvalue weighted by Gasteiger charge is -2.43. The molecule has 0 saturated carbocycles. The highest BCUT2D eigenvalue weighted by Gasteiger charge is 2.43. The lowest BCUT2D eigenvalue weighted by atomic mass is 9.79. The second-order valence-electron chi connectivity index (χ2n) is 18.2. The number of rotatable bonds is 7. The highest BCUT2D eigenvalue weighted by Crippen LogP contribution is 2.40. The van der Waals surface area contributed by atoms with Gasteiger partial charge in [-0.3, -0.25) is 4.79 Å². The lowest BCUT2D eigenvalue weighted by molar-refractivity contribution is -0.300. The molecule has 3 aliphatic heterocycles. The Bertz CT molecular complexity index is 1200. The van der Waals surface area contributed by atoms with Crippen LogP contribution in [-0.2, 0) is 32.9 Å². The van der Waals surface area contributed by atoms with Crippen LogP contribution in [0.4, 0.5) is 0 Å². The number of carbonyl (C=O) groups excluding carboxylic acids is 1. The third-order valence-corrected chi connectivity index (χ3v) is 16.4. The van der Waals surface area contributed by atoms with E-state index < -0.39 is 19.9 Å². The fourth-order valence-corrected chi connectivity index (χ4v) is 9.12. The number of hydrogen-bond donors (Lipinski definition) is 0. The van der Waals surface area contributed by atoms with Gasteiger partial charge in [0, 0.05) is 19.4 Å². The fourth-order valence-electron chi connectivity index (χ4n) is 7.81. The minimum atomic E-state index is -1.98. The summed E-state index contributed by atoms with van der Waals surface area (Å²) in [6.45, 7) is 31.7. The van der Waals surface area contributed by atoms with Gasteiger partial charge in [0.1, 0.15) is 12.2 Å².